The van der Waals surface area contributed by atoms with E-state index in [0.717, 1.165) is 0 Å². The first-order valence-electron chi connectivity index (χ1n) is 8.23. The van der Waals surface area contributed by atoms with Crippen LogP contribution in [-0.4, -0.2) is 27.0 Å². The number of rotatable bonds is 3. The molecule has 0 saturated heterocycles. The first-order chi connectivity index (χ1) is 12.9. The van der Waals surface area contributed by atoms with Crippen molar-refractivity contribution in [1.29, 1.82) is 0 Å². The van der Waals surface area contributed by atoms with E-state index in [1.165, 1.54) is 24.3 Å². The molecule has 0 aliphatic carbocycles. The molecular formula is C20H16O7. The van der Waals surface area contributed by atoms with Crippen molar-refractivity contribution < 1.29 is 29.3 Å². The van der Waals surface area contributed by atoms with Crippen molar-refractivity contribution in [2.45, 2.75) is 13.3 Å². The van der Waals surface area contributed by atoms with Crippen molar-refractivity contribution in [2.75, 3.05) is 6.61 Å². The Balaban J connectivity index is 2.06. The number of aliphatic hydroxyl groups excluding tert-OH is 1. The molecule has 0 amide bonds. The molecule has 138 valence electrons. The van der Waals surface area contributed by atoms with Gasteiger partial charge >= 0.3 is 5.78 Å². The molecule has 2 heterocycles. The fourth-order valence-corrected chi connectivity index (χ4v) is 3.09. The van der Waals surface area contributed by atoms with Gasteiger partial charge in [-0.25, -0.2) is 0 Å². The molecule has 0 aliphatic rings. The number of phenols is 3. The predicted molar refractivity (Wildman–Crippen MR) is 99.3 cm³/mol. The van der Waals surface area contributed by atoms with Crippen molar-refractivity contribution >= 4 is 33.1 Å². The quantitative estimate of drug-likeness (QED) is 0.409. The molecule has 0 spiro atoms. The molecule has 7 heteroatoms. The predicted octanol–water partition coefficient (Wildman–Crippen LogP) is 3.29. The van der Waals surface area contributed by atoms with Gasteiger partial charge in [0.1, 0.15) is 39.2 Å². The standard InChI is InChI=1S/C20H16O7/c1-9(8-21)2-4-11-13(23)7-15-17(18(11)24)19(25)16-12-5-3-10(22)6-14(12)26-20(16)27-15/h2-3,5-7,21-24H,4,8H2,1H3/b9-2+. The zero-order valence-electron chi connectivity index (χ0n) is 14.3. The summed E-state index contributed by atoms with van der Waals surface area (Å²) in [6, 6.07) is 5.56. The monoisotopic (exact) mass is 368 g/mol. The molecule has 0 atom stereocenters. The molecule has 0 radical (unpaired) electrons. The number of hydrogen-bond acceptors (Lipinski definition) is 7. The van der Waals surface area contributed by atoms with Gasteiger partial charge in [0.05, 0.1) is 6.61 Å². The van der Waals surface area contributed by atoms with E-state index >= 15 is 0 Å². The molecule has 2 aromatic heterocycles. The minimum Gasteiger partial charge on any atom is -0.508 e. The Morgan fingerprint density at radius 3 is 2.56 bits per heavy atom. The Kier molecular flexibility index (Phi) is 3.82. The number of aromatic hydroxyl groups is 3. The van der Waals surface area contributed by atoms with Crippen LogP contribution in [0.2, 0.25) is 0 Å². The third-order valence-corrected chi connectivity index (χ3v) is 4.55. The normalized spacial score (nSPS) is 12.4. The Hall–Kier alpha value is -3.45. The first kappa shape index (κ1) is 17.0. The average Bonchev–Trinajstić information content (AvgIpc) is 2.98. The second-order valence-electron chi connectivity index (χ2n) is 6.38. The van der Waals surface area contributed by atoms with Crippen molar-refractivity contribution in [3.8, 4) is 17.2 Å². The van der Waals surface area contributed by atoms with Gasteiger partial charge in [0.2, 0.25) is 5.43 Å². The van der Waals surface area contributed by atoms with E-state index in [1.54, 1.807) is 13.0 Å². The van der Waals surface area contributed by atoms with Gasteiger partial charge in [0.25, 0.3) is 0 Å². The van der Waals surface area contributed by atoms with E-state index in [4.69, 9.17) is 13.9 Å². The number of benzene rings is 2. The van der Waals surface area contributed by atoms with Gasteiger partial charge in [-0.15, -0.1) is 0 Å². The molecule has 0 unspecified atom stereocenters. The third-order valence-electron chi connectivity index (χ3n) is 4.55. The second kappa shape index (κ2) is 6.07. The van der Waals surface area contributed by atoms with E-state index in [-0.39, 0.29) is 63.6 Å². The lowest BCUT2D eigenvalue weighted by atomic mass is 10.0. The summed E-state index contributed by atoms with van der Waals surface area (Å²) < 4.78 is 11.1. The van der Waals surface area contributed by atoms with E-state index < -0.39 is 5.43 Å². The second-order valence-corrected chi connectivity index (χ2v) is 6.38. The van der Waals surface area contributed by atoms with Gasteiger partial charge in [-0.05, 0) is 25.5 Å². The summed E-state index contributed by atoms with van der Waals surface area (Å²) >= 11 is 0. The smallest absolute Gasteiger partial charge is 0.302 e. The number of fused-ring (bicyclic) bond motifs is 4. The van der Waals surface area contributed by atoms with Crippen LogP contribution in [0, 0.1) is 0 Å². The lowest BCUT2D eigenvalue weighted by Gasteiger charge is -2.08. The van der Waals surface area contributed by atoms with Crippen LogP contribution in [0.25, 0.3) is 33.1 Å². The molecule has 0 saturated carbocycles. The molecule has 4 N–H and O–H groups in total. The largest absolute Gasteiger partial charge is 0.508 e. The van der Waals surface area contributed by atoms with Crippen molar-refractivity contribution in [3.05, 3.63) is 51.7 Å². The number of phenolic OH excluding ortho intramolecular Hbond substituents is 3. The van der Waals surface area contributed by atoms with Gasteiger partial charge in [-0.3, -0.25) is 4.79 Å². The summed E-state index contributed by atoms with van der Waals surface area (Å²) in [5, 5.41) is 40.1. The Morgan fingerprint density at radius 2 is 1.81 bits per heavy atom. The van der Waals surface area contributed by atoms with Crippen LogP contribution in [-0.2, 0) is 6.42 Å². The maximum absolute atomic E-state index is 13.0. The highest BCUT2D eigenvalue weighted by atomic mass is 16.5. The van der Waals surface area contributed by atoms with Crippen LogP contribution in [0.3, 0.4) is 0 Å². The van der Waals surface area contributed by atoms with E-state index in [9.17, 15) is 20.1 Å². The molecule has 0 fully saturated rings. The number of hydrogen-bond donors (Lipinski definition) is 4. The van der Waals surface area contributed by atoms with Gasteiger partial charge in [0.15, 0.2) is 0 Å². The van der Waals surface area contributed by atoms with Gasteiger partial charge in [0, 0.05) is 23.1 Å². The van der Waals surface area contributed by atoms with Crippen LogP contribution >= 0.6 is 0 Å². The lowest BCUT2D eigenvalue weighted by molar-refractivity contribution is 0.331. The van der Waals surface area contributed by atoms with Crippen LogP contribution in [0.1, 0.15) is 12.5 Å². The van der Waals surface area contributed by atoms with Crippen LogP contribution in [0.5, 0.6) is 17.2 Å². The molecule has 4 aromatic rings. The molecule has 2 aromatic carbocycles. The summed E-state index contributed by atoms with van der Waals surface area (Å²) in [7, 11) is 0. The Labute approximate surface area is 152 Å². The van der Waals surface area contributed by atoms with Crippen LogP contribution in [0.15, 0.2) is 49.5 Å². The summed E-state index contributed by atoms with van der Waals surface area (Å²) in [6.07, 6.45) is 1.79. The van der Waals surface area contributed by atoms with Gasteiger partial charge < -0.3 is 29.3 Å². The average molecular weight is 368 g/mol. The van der Waals surface area contributed by atoms with Gasteiger partial charge in [-0.1, -0.05) is 11.6 Å². The fourth-order valence-electron chi connectivity index (χ4n) is 3.09. The van der Waals surface area contributed by atoms with Gasteiger partial charge in [-0.2, -0.15) is 0 Å². The minimum absolute atomic E-state index is 0.0163. The highest BCUT2D eigenvalue weighted by Crippen LogP contribution is 2.38. The zero-order valence-corrected chi connectivity index (χ0v) is 14.3. The molecule has 27 heavy (non-hydrogen) atoms. The van der Waals surface area contributed by atoms with Crippen molar-refractivity contribution in [3.63, 3.8) is 0 Å². The van der Waals surface area contributed by atoms with E-state index in [0.29, 0.717) is 11.0 Å². The lowest BCUT2D eigenvalue weighted by Crippen LogP contribution is -2.03. The topological polar surface area (TPSA) is 124 Å². The van der Waals surface area contributed by atoms with Crippen LogP contribution < -0.4 is 5.43 Å². The number of allylic oxidation sites excluding steroid dienone is 1. The molecule has 4 rings (SSSR count). The third kappa shape index (κ3) is 2.60. The minimum atomic E-state index is -0.503. The number of furan rings is 1. The highest BCUT2D eigenvalue weighted by Gasteiger charge is 2.21. The van der Waals surface area contributed by atoms with Crippen molar-refractivity contribution in [2.24, 2.45) is 0 Å². The first-order valence-corrected chi connectivity index (χ1v) is 8.23. The highest BCUT2D eigenvalue weighted by molar-refractivity contribution is 6.07. The Bertz CT molecular complexity index is 1290. The SMILES string of the molecule is C/C(=C\Cc1c(O)cc2oc3oc4cc(O)ccc4c3c(=O)c2c1O)CO. The van der Waals surface area contributed by atoms with E-state index in [2.05, 4.69) is 0 Å². The van der Waals surface area contributed by atoms with E-state index in [1.807, 2.05) is 0 Å². The molecule has 0 aliphatic heterocycles. The summed E-state index contributed by atoms with van der Waals surface area (Å²) in [4.78, 5) is 13.0. The summed E-state index contributed by atoms with van der Waals surface area (Å²) in [5.41, 5.74) is 0.575. The number of aliphatic hydroxyl groups is 1. The molecule has 0 bridgehead atoms. The van der Waals surface area contributed by atoms with Crippen molar-refractivity contribution in [1.82, 2.24) is 0 Å². The summed E-state index contributed by atoms with van der Waals surface area (Å²) in [6.45, 7) is 1.56. The Morgan fingerprint density at radius 1 is 1.07 bits per heavy atom. The molecular weight excluding hydrogens is 352 g/mol. The summed E-state index contributed by atoms with van der Waals surface area (Å²) in [5.74, 6) is -0.697. The maximum Gasteiger partial charge on any atom is 0.302 e. The fraction of sp³-hybridized carbons (Fsp3) is 0.150. The zero-order chi connectivity index (χ0) is 19.3. The maximum atomic E-state index is 13.0. The van der Waals surface area contributed by atoms with Crippen LogP contribution in [0.4, 0.5) is 0 Å². The molecule has 7 nitrogen and oxygen atoms in total.